The van der Waals surface area contributed by atoms with Gasteiger partial charge in [0.25, 0.3) is 5.70 Å². The summed E-state index contributed by atoms with van der Waals surface area (Å²) in [4.78, 5) is 39.3. The van der Waals surface area contributed by atoms with Crippen molar-refractivity contribution >= 4 is 34.1 Å². The minimum Gasteiger partial charge on any atom is -0.493 e. The molecule has 0 spiro atoms. The van der Waals surface area contributed by atoms with Crippen LogP contribution in [0.2, 0.25) is 0 Å². The predicted molar refractivity (Wildman–Crippen MR) is 114 cm³/mol. The van der Waals surface area contributed by atoms with Crippen molar-refractivity contribution in [1.82, 2.24) is 4.98 Å². The molecule has 2 aromatic rings. The first-order valence-electron chi connectivity index (χ1n) is 9.57. The average molecular weight is 451 g/mol. The van der Waals surface area contributed by atoms with Gasteiger partial charge in [-0.25, -0.2) is 0 Å². The third kappa shape index (κ3) is 3.97. The standard InChI is InChI=1S/C21H23ClN2O7/c1-10(25)17-13(9-22)5-12(7-15(17)24(27)28)19(26)14-6-11-8-16(29-2)20(30-3)21(31-4)18(11)23-14/h6,8,12-13,23H,5,7,9H2,1-4H3. The molecule has 1 N–H and O–H groups in total. The smallest absolute Gasteiger partial charge is 0.254 e. The highest BCUT2D eigenvalue weighted by Crippen LogP contribution is 2.44. The predicted octanol–water partition coefficient (Wildman–Crippen LogP) is 3.76. The fraction of sp³-hybridized carbons (Fsp3) is 0.429. The Balaban J connectivity index is 2.05. The number of carbonyl (C=O) groups is 2. The van der Waals surface area contributed by atoms with Gasteiger partial charge in [-0.05, 0) is 25.5 Å². The number of rotatable bonds is 8. The Labute approximate surface area is 183 Å². The summed E-state index contributed by atoms with van der Waals surface area (Å²) in [5, 5.41) is 12.3. The second kappa shape index (κ2) is 8.97. The summed E-state index contributed by atoms with van der Waals surface area (Å²) in [6, 6.07) is 3.36. The van der Waals surface area contributed by atoms with E-state index in [-0.39, 0.29) is 41.5 Å². The fourth-order valence-electron chi connectivity index (χ4n) is 4.22. The molecule has 1 heterocycles. The normalized spacial score (nSPS) is 18.7. The molecular formula is C21H23ClN2O7. The average Bonchev–Trinajstić information content (AvgIpc) is 3.19. The first-order valence-corrected chi connectivity index (χ1v) is 10.1. The molecule has 31 heavy (non-hydrogen) atoms. The largest absolute Gasteiger partial charge is 0.493 e. The highest BCUT2D eigenvalue weighted by Gasteiger charge is 2.40. The van der Waals surface area contributed by atoms with Gasteiger partial charge in [0.2, 0.25) is 5.75 Å². The Morgan fingerprint density at radius 2 is 1.87 bits per heavy atom. The number of hydrogen-bond donors (Lipinski definition) is 1. The lowest BCUT2D eigenvalue weighted by atomic mass is 9.76. The number of aromatic nitrogens is 1. The van der Waals surface area contributed by atoms with E-state index in [0.717, 1.165) is 0 Å². The van der Waals surface area contributed by atoms with E-state index >= 15 is 0 Å². The van der Waals surface area contributed by atoms with Crippen molar-refractivity contribution in [2.75, 3.05) is 27.2 Å². The maximum absolute atomic E-state index is 13.3. The molecular weight excluding hydrogens is 428 g/mol. The number of alkyl halides is 1. The van der Waals surface area contributed by atoms with Gasteiger partial charge in [-0.3, -0.25) is 19.7 Å². The number of nitro groups is 1. The number of ketones is 2. The highest BCUT2D eigenvalue weighted by atomic mass is 35.5. The van der Waals surface area contributed by atoms with Crippen LogP contribution in [-0.2, 0) is 4.79 Å². The molecule has 9 nitrogen and oxygen atoms in total. The number of methoxy groups -OCH3 is 3. The number of halogens is 1. The van der Waals surface area contributed by atoms with Gasteiger partial charge in [-0.15, -0.1) is 11.6 Å². The van der Waals surface area contributed by atoms with E-state index in [2.05, 4.69) is 4.98 Å². The lowest BCUT2D eigenvalue weighted by Crippen LogP contribution is -2.31. The highest BCUT2D eigenvalue weighted by molar-refractivity contribution is 6.18. The van der Waals surface area contributed by atoms with Crippen molar-refractivity contribution in [2.45, 2.75) is 19.8 Å². The summed E-state index contributed by atoms with van der Waals surface area (Å²) in [5.74, 6) is -0.715. The third-order valence-electron chi connectivity index (χ3n) is 5.57. The number of ether oxygens (including phenoxy) is 3. The molecule has 0 bridgehead atoms. The molecule has 1 aliphatic rings. The van der Waals surface area contributed by atoms with E-state index in [4.69, 9.17) is 25.8 Å². The van der Waals surface area contributed by atoms with Crippen LogP contribution in [0.5, 0.6) is 17.2 Å². The summed E-state index contributed by atoms with van der Waals surface area (Å²) in [6.07, 6.45) is 0.126. The zero-order valence-corrected chi connectivity index (χ0v) is 18.4. The Bertz CT molecular complexity index is 1090. The van der Waals surface area contributed by atoms with Crippen molar-refractivity contribution in [3.63, 3.8) is 0 Å². The summed E-state index contributed by atoms with van der Waals surface area (Å²) < 4.78 is 16.2. The Hall–Kier alpha value is -3.07. The number of hydrogen-bond acceptors (Lipinski definition) is 7. The van der Waals surface area contributed by atoms with Gasteiger partial charge in [0.15, 0.2) is 23.1 Å². The molecule has 0 aliphatic heterocycles. The lowest BCUT2D eigenvalue weighted by molar-refractivity contribution is -0.430. The van der Waals surface area contributed by atoms with Crippen molar-refractivity contribution < 1.29 is 28.7 Å². The molecule has 2 atom stereocenters. The molecule has 1 aromatic heterocycles. The number of carbonyl (C=O) groups excluding carboxylic acids is 2. The van der Waals surface area contributed by atoms with E-state index in [9.17, 15) is 19.7 Å². The summed E-state index contributed by atoms with van der Waals surface area (Å²) in [6.45, 7) is 1.28. The van der Waals surface area contributed by atoms with Crippen LogP contribution in [0.1, 0.15) is 30.3 Å². The maximum atomic E-state index is 13.3. The quantitative estimate of drug-likeness (QED) is 0.281. The molecule has 10 heteroatoms. The minimum atomic E-state index is -0.685. The van der Waals surface area contributed by atoms with Gasteiger partial charge < -0.3 is 19.2 Å². The molecule has 0 fully saturated rings. The number of allylic oxidation sites excluding steroid dienone is 2. The molecule has 0 radical (unpaired) electrons. The molecule has 1 aromatic carbocycles. The Morgan fingerprint density at radius 3 is 2.39 bits per heavy atom. The Morgan fingerprint density at radius 1 is 1.19 bits per heavy atom. The monoisotopic (exact) mass is 450 g/mol. The van der Waals surface area contributed by atoms with Gasteiger partial charge in [-0.2, -0.15) is 0 Å². The number of nitrogens with one attached hydrogen (secondary N) is 1. The van der Waals surface area contributed by atoms with Gasteiger partial charge in [-0.1, -0.05) is 0 Å². The van der Waals surface area contributed by atoms with Crippen molar-refractivity contribution in [1.29, 1.82) is 0 Å². The zero-order valence-electron chi connectivity index (χ0n) is 17.6. The van der Waals surface area contributed by atoms with Gasteiger partial charge in [0, 0.05) is 29.5 Å². The minimum absolute atomic E-state index is 0.0188. The molecule has 0 amide bonds. The van der Waals surface area contributed by atoms with Crippen LogP contribution in [-0.4, -0.2) is 48.7 Å². The summed E-state index contributed by atoms with van der Waals surface area (Å²) in [5.41, 5.74) is 0.690. The topological polar surface area (TPSA) is 121 Å². The first kappa shape index (κ1) is 22.6. The van der Waals surface area contributed by atoms with Crippen LogP contribution in [0, 0.1) is 22.0 Å². The van der Waals surface area contributed by atoms with Gasteiger partial charge >= 0.3 is 0 Å². The molecule has 1 aliphatic carbocycles. The zero-order chi connectivity index (χ0) is 22.9. The molecule has 3 rings (SSSR count). The second-order valence-electron chi connectivity index (χ2n) is 7.32. The number of benzene rings is 1. The van der Waals surface area contributed by atoms with Crippen LogP contribution in [0.3, 0.4) is 0 Å². The third-order valence-corrected chi connectivity index (χ3v) is 5.94. The summed E-state index contributed by atoms with van der Waals surface area (Å²) >= 11 is 6.00. The van der Waals surface area contributed by atoms with E-state index in [1.165, 1.54) is 28.3 Å². The number of H-pyrrole nitrogens is 1. The first-order chi connectivity index (χ1) is 14.8. The number of nitrogens with zero attached hydrogens (tertiary/aromatic N) is 1. The second-order valence-corrected chi connectivity index (χ2v) is 7.63. The Kier molecular flexibility index (Phi) is 6.54. The number of aromatic amines is 1. The van der Waals surface area contributed by atoms with Crippen LogP contribution < -0.4 is 14.2 Å². The van der Waals surface area contributed by atoms with Crippen LogP contribution in [0.25, 0.3) is 10.9 Å². The lowest BCUT2D eigenvalue weighted by Gasteiger charge is -2.26. The van der Waals surface area contributed by atoms with E-state index in [1.54, 1.807) is 12.1 Å². The van der Waals surface area contributed by atoms with E-state index in [0.29, 0.717) is 28.2 Å². The molecule has 2 unspecified atom stereocenters. The summed E-state index contributed by atoms with van der Waals surface area (Å²) in [7, 11) is 4.45. The van der Waals surface area contributed by atoms with Gasteiger partial charge in [0.1, 0.15) is 0 Å². The number of Topliss-reactive ketones (excluding diaryl/α,β-unsaturated/α-hetero) is 2. The number of fused-ring (bicyclic) bond motifs is 1. The molecule has 0 saturated heterocycles. The SMILES string of the molecule is COc1cc2cc(C(=O)C3CC([N+](=O)[O-])=C(C(C)=O)C(CCl)C3)[nH]c2c(OC)c1OC. The van der Waals surface area contributed by atoms with E-state index < -0.39 is 22.5 Å². The van der Waals surface area contributed by atoms with Gasteiger partial charge in [0.05, 0.1) is 43.0 Å². The molecule has 0 saturated carbocycles. The van der Waals surface area contributed by atoms with Crippen LogP contribution >= 0.6 is 11.6 Å². The molecule has 166 valence electrons. The van der Waals surface area contributed by atoms with Crippen LogP contribution in [0.15, 0.2) is 23.4 Å². The fourth-order valence-corrected chi connectivity index (χ4v) is 4.50. The van der Waals surface area contributed by atoms with Crippen LogP contribution in [0.4, 0.5) is 0 Å². The van der Waals surface area contributed by atoms with E-state index in [1.807, 2.05) is 0 Å². The van der Waals surface area contributed by atoms with Crippen molar-refractivity contribution in [3.8, 4) is 17.2 Å². The maximum Gasteiger partial charge on any atom is 0.254 e. The van der Waals surface area contributed by atoms with Crippen molar-refractivity contribution in [2.24, 2.45) is 11.8 Å². The van der Waals surface area contributed by atoms with Crippen molar-refractivity contribution in [3.05, 3.63) is 39.2 Å².